The molecular weight excluding hydrogens is 297 g/mol. The third kappa shape index (κ3) is 3.34. The summed E-state index contributed by atoms with van der Waals surface area (Å²) in [5.41, 5.74) is 1.05. The summed E-state index contributed by atoms with van der Waals surface area (Å²) in [6, 6.07) is 4.98. The van der Waals surface area contributed by atoms with Gasteiger partial charge < -0.3 is 14.4 Å². The maximum absolute atomic E-state index is 14.4. The average molecular weight is 321 g/mol. The fraction of sp³-hybridized carbons (Fsp3) is 0.611. The standard InChI is InChI=1S/C18H24FNO3/c1-18(2,3)23-17(21)20-10-5-8-14(20)16-15-12(9-11-22-16)6-4-7-13(15)19/h4,6-7,14,16H,5,8-11H2,1-3H3/t14-,16+/m0/s1. The van der Waals surface area contributed by atoms with Gasteiger partial charge in [0.1, 0.15) is 17.5 Å². The molecule has 1 aromatic rings. The molecule has 0 bridgehead atoms. The van der Waals surface area contributed by atoms with Crippen LogP contribution in [0.4, 0.5) is 9.18 Å². The quantitative estimate of drug-likeness (QED) is 0.789. The highest BCUT2D eigenvalue weighted by atomic mass is 19.1. The third-order valence-electron chi connectivity index (χ3n) is 4.37. The first-order chi connectivity index (χ1) is 10.9. The van der Waals surface area contributed by atoms with Crippen molar-refractivity contribution in [3.8, 4) is 0 Å². The van der Waals surface area contributed by atoms with Gasteiger partial charge in [-0.15, -0.1) is 0 Å². The Kier molecular flexibility index (Phi) is 4.32. The average Bonchev–Trinajstić information content (AvgIpc) is 2.94. The lowest BCUT2D eigenvalue weighted by molar-refractivity contribution is -0.0281. The van der Waals surface area contributed by atoms with Crippen LogP contribution in [0.1, 0.15) is 50.8 Å². The molecule has 1 fully saturated rings. The van der Waals surface area contributed by atoms with Gasteiger partial charge in [-0.1, -0.05) is 12.1 Å². The van der Waals surface area contributed by atoms with Gasteiger partial charge in [-0.3, -0.25) is 0 Å². The number of halogens is 1. The van der Waals surface area contributed by atoms with Crippen LogP contribution in [0.15, 0.2) is 18.2 Å². The highest BCUT2D eigenvalue weighted by molar-refractivity contribution is 5.69. The summed E-state index contributed by atoms with van der Waals surface area (Å²) >= 11 is 0. The zero-order chi connectivity index (χ0) is 16.6. The Hall–Kier alpha value is -1.62. The second kappa shape index (κ2) is 6.11. The molecule has 3 rings (SSSR count). The summed E-state index contributed by atoms with van der Waals surface area (Å²) in [5, 5.41) is 0. The van der Waals surface area contributed by atoms with Gasteiger partial charge >= 0.3 is 6.09 Å². The predicted octanol–water partition coefficient (Wildman–Crippen LogP) is 3.84. The van der Waals surface area contributed by atoms with E-state index in [1.165, 1.54) is 6.07 Å². The van der Waals surface area contributed by atoms with Crippen molar-refractivity contribution < 1.29 is 18.7 Å². The number of amides is 1. The number of carbonyl (C=O) groups excluding carboxylic acids is 1. The molecule has 0 saturated carbocycles. The van der Waals surface area contributed by atoms with Crippen molar-refractivity contribution in [1.29, 1.82) is 0 Å². The Morgan fingerprint density at radius 2 is 2.17 bits per heavy atom. The zero-order valence-corrected chi connectivity index (χ0v) is 14.0. The molecule has 1 saturated heterocycles. The van der Waals surface area contributed by atoms with Crippen LogP contribution in [-0.4, -0.2) is 35.8 Å². The van der Waals surface area contributed by atoms with E-state index in [9.17, 15) is 9.18 Å². The number of ether oxygens (including phenoxy) is 2. The number of nitrogens with zero attached hydrogens (tertiary/aromatic N) is 1. The van der Waals surface area contributed by atoms with E-state index in [1.807, 2.05) is 26.8 Å². The SMILES string of the molecule is CC(C)(C)OC(=O)N1CCC[C@H]1[C@H]1OCCc2cccc(F)c21. The predicted molar refractivity (Wildman–Crippen MR) is 84.8 cm³/mol. The van der Waals surface area contributed by atoms with Gasteiger partial charge in [0.05, 0.1) is 12.6 Å². The number of fused-ring (bicyclic) bond motifs is 1. The van der Waals surface area contributed by atoms with Crippen molar-refractivity contribution in [2.45, 2.75) is 57.8 Å². The Morgan fingerprint density at radius 1 is 1.39 bits per heavy atom. The van der Waals surface area contributed by atoms with E-state index in [0.29, 0.717) is 25.1 Å². The lowest BCUT2D eigenvalue weighted by Gasteiger charge is -2.36. The second-order valence-corrected chi connectivity index (χ2v) is 7.24. The fourth-order valence-electron chi connectivity index (χ4n) is 3.46. The number of benzene rings is 1. The zero-order valence-electron chi connectivity index (χ0n) is 14.0. The Bertz CT molecular complexity index is 596. The molecule has 0 spiro atoms. The molecule has 1 amide bonds. The van der Waals surface area contributed by atoms with Crippen LogP contribution in [-0.2, 0) is 15.9 Å². The van der Waals surface area contributed by atoms with E-state index >= 15 is 0 Å². The van der Waals surface area contributed by atoms with Crippen LogP contribution in [0.25, 0.3) is 0 Å². The first kappa shape index (κ1) is 16.2. The molecule has 2 aliphatic heterocycles. The number of hydrogen-bond donors (Lipinski definition) is 0. The largest absolute Gasteiger partial charge is 0.444 e. The molecule has 2 aliphatic rings. The van der Waals surface area contributed by atoms with Crippen molar-refractivity contribution in [2.75, 3.05) is 13.2 Å². The Morgan fingerprint density at radius 3 is 2.91 bits per heavy atom. The third-order valence-corrected chi connectivity index (χ3v) is 4.37. The Balaban J connectivity index is 1.86. The first-order valence-corrected chi connectivity index (χ1v) is 8.25. The minimum absolute atomic E-state index is 0.166. The monoisotopic (exact) mass is 321 g/mol. The van der Waals surface area contributed by atoms with Crippen LogP contribution < -0.4 is 0 Å². The van der Waals surface area contributed by atoms with E-state index in [4.69, 9.17) is 9.47 Å². The minimum Gasteiger partial charge on any atom is -0.444 e. The van der Waals surface area contributed by atoms with E-state index < -0.39 is 11.7 Å². The topological polar surface area (TPSA) is 38.8 Å². The molecule has 0 N–H and O–H groups in total. The molecule has 0 aromatic heterocycles. The van der Waals surface area contributed by atoms with Crippen LogP contribution >= 0.6 is 0 Å². The molecule has 0 radical (unpaired) electrons. The molecule has 5 heteroatoms. The molecule has 0 unspecified atom stereocenters. The van der Waals surface area contributed by atoms with Gasteiger partial charge in [0.15, 0.2) is 0 Å². The maximum Gasteiger partial charge on any atom is 0.410 e. The highest BCUT2D eigenvalue weighted by Gasteiger charge is 2.41. The van der Waals surface area contributed by atoms with Crippen LogP contribution in [0.5, 0.6) is 0 Å². The van der Waals surface area contributed by atoms with Gasteiger partial charge in [-0.2, -0.15) is 0 Å². The number of carbonyl (C=O) groups is 1. The summed E-state index contributed by atoms with van der Waals surface area (Å²) in [6.07, 6.45) is 1.65. The van der Waals surface area contributed by atoms with Crippen LogP contribution in [0, 0.1) is 5.82 Å². The second-order valence-electron chi connectivity index (χ2n) is 7.24. The maximum atomic E-state index is 14.4. The Labute approximate surface area is 136 Å². The number of hydrogen-bond acceptors (Lipinski definition) is 3. The molecule has 2 atom stereocenters. The van der Waals surface area contributed by atoms with E-state index in [1.54, 1.807) is 11.0 Å². The molecule has 126 valence electrons. The van der Waals surface area contributed by atoms with Gasteiger partial charge in [0.2, 0.25) is 0 Å². The molecular formula is C18H24FNO3. The van der Waals surface area contributed by atoms with Gasteiger partial charge in [-0.25, -0.2) is 9.18 Å². The highest BCUT2D eigenvalue weighted by Crippen LogP contribution is 2.38. The minimum atomic E-state index is -0.541. The van der Waals surface area contributed by atoms with Gasteiger partial charge in [0, 0.05) is 12.1 Å². The molecule has 1 aromatic carbocycles. The summed E-state index contributed by atoms with van der Waals surface area (Å²) in [7, 11) is 0. The molecule has 0 aliphatic carbocycles. The van der Waals surface area contributed by atoms with Gasteiger partial charge in [-0.05, 0) is 51.7 Å². The number of rotatable bonds is 1. The van der Waals surface area contributed by atoms with Crippen LogP contribution in [0.3, 0.4) is 0 Å². The van der Waals surface area contributed by atoms with E-state index in [-0.39, 0.29) is 18.0 Å². The summed E-state index contributed by atoms with van der Waals surface area (Å²) in [6.45, 7) is 6.73. The van der Waals surface area contributed by atoms with Crippen molar-refractivity contribution in [1.82, 2.24) is 4.90 Å². The van der Waals surface area contributed by atoms with Crippen LogP contribution in [0.2, 0.25) is 0 Å². The van der Waals surface area contributed by atoms with E-state index in [2.05, 4.69) is 0 Å². The smallest absolute Gasteiger partial charge is 0.410 e. The van der Waals surface area contributed by atoms with Crippen molar-refractivity contribution >= 4 is 6.09 Å². The lowest BCUT2D eigenvalue weighted by Crippen LogP contribution is -2.44. The van der Waals surface area contributed by atoms with Crippen molar-refractivity contribution in [3.63, 3.8) is 0 Å². The lowest BCUT2D eigenvalue weighted by atomic mass is 9.91. The fourth-order valence-corrected chi connectivity index (χ4v) is 3.46. The molecule has 4 nitrogen and oxygen atoms in total. The van der Waals surface area contributed by atoms with Crippen molar-refractivity contribution in [2.24, 2.45) is 0 Å². The molecule has 23 heavy (non-hydrogen) atoms. The van der Waals surface area contributed by atoms with Gasteiger partial charge in [0.25, 0.3) is 0 Å². The van der Waals surface area contributed by atoms with E-state index in [0.717, 1.165) is 18.4 Å². The summed E-state index contributed by atoms with van der Waals surface area (Å²) < 4.78 is 25.7. The normalized spacial score (nSPS) is 24.4. The summed E-state index contributed by atoms with van der Waals surface area (Å²) in [5.74, 6) is -0.247. The van der Waals surface area contributed by atoms with Crippen molar-refractivity contribution in [3.05, 3.63) is 35.1 Å². The summed E-state index contributed by atoms with van der Waals surface area (Å²) in [4.78, 5) is 14.2. The first-order valence-electron chi connectivity index (χ1n) is 8.25. The molecule has 2 heterocycles. The number of likely N-dealkylation sites (tertiary alicyclic amines) is 1.